The first kappa shape index (κ1) is 33.6. The normalized spacial score (nSPS) is 13.9. The number of hydrogen-bond donors (Lipinski definition) is 0. The van der Waals surface area contributed by atoms with Gasteiger partial charge >= 0.3 is 0 Å². The number of hydrogen-bond acceptors (Lipinski definition) is 0. The first-order valence-electron chi connectivity index (χ1n) is 20.6. The zero-order chi connectivity index (χ0) is 38.9. The summed E-state index contributed by atoms with van der Waals surface area (Å²) < 4.78 is 2.53. The van der Waals surface area contributed by atoms with Crippen LogP contribution in [-0.4, -0.2) is 4.57 Å². The fourth-order valence-corrected chi connectivity index (χ4v) is 10.3. The predicted molar refractivity (Wildman–Crippen MR) is 248 cm³/mol. The van der Waals surface area contributed by atoms with Gasteiger partial charge in [0.15, 0.2) is 0 Å². The summed E-state index contributed by atoms with van der Waals surface area (Å²) in [7, 11) is 0. The van der Waals surface area contributed by atoms with Gasteiger partial charge in [-0.3, -0.25) is 0 Å². The quantitative estimate of drug-likeness (QED) is 0.165. The standard InChI is InChI=1S/C58H39N/c1-4-15-39(16-5-1)41-18-14-19-42-36-44(28-27-43(42)35-41)45-30-34-56-53(37-45)52-32-29-40-17-10-11-24-49(40)57(52)59(56)48-31-33-51-50-25-12-13-26-54(50)58(55(51)38-48,46-20-6-2-7-21-46)47-22-8-3-9-23-47/h1-34,36-38H,35H2. The Kier molecular flexibility index (Phi) is 7.58. The van der Waals surface area contributed by atoms with Crippen LogP contribution in [0.3, 0.4) is 0 Å². The van der Waals surface area contributed by atoms with Crippen LogP contribution >= 0.6 is 0 Å². The Morgan fingerprint density at radius 1 is 0.441 bits per heavy atom. The lowest BCUT2D eigenvalue weighted by Crippen LogP contribution is -2.28. The maximum Gasteiger partial charge on any atom is 0.0714 e. The molecule has 0 N–H and O–H groups in total. The fraction of sp³-hybridized carbons (Fsp3) is 0.0345. The van der Waals surface area contributed by atoms with E-state index in [9.17, 15) is 0 Å². The highest BCUT2D eigenvalue weighted by molar-refractivity contribution is 6.19. The van der Waals surface area contributed by atoms with Crippen molar-refractivity contribution in [3.63, 3.8) is 0 Å². The van der Waals surface area contributed by atoms with E-state index in [1.165, 1.54) is 99.3 Å². The van der Waals surface area contributed by atoms with E-state index >= 15 is 0 Å². The van der Waals surface area contributed by atoms with Gasteiger partial charge in [-0.05, 0) is 109 Å². The van der Waals surface area contributed by atoms with Crippen LogP contribution in [-0.2, 0) is 11.8 Å². The lowest BCUT2D eigenvalue weighted by molar-refractivity contribution is 0.767. The number of allylic oxidation sites excluding steroid dienone is 3. The van der Waals surface area contributed by atoms with Crippen molar-refractivity contribution in [2.45, 2.75) is 11.8 Å². The van der Waals surface area contributed by atoms with Crippen molar-refractivity contribution < 1.29 is 0 Å². The Bertz CT molecular complexity index is 3290. The molecule has 0 saturated heterocycles. The molecule has 9 aromatic carbocycles. The van der Waals surface area contributed by atoms with Gasteiger partial charge in [-0.15, -0.1) is 0 Å². The molecule has 0 saturated carbocycles. The minimum Gasteiger partial charge on any atom is -0.309 e. The van der Waals surface area contributed by atoms with Crippen molar-refractivity contribution in [3.8, 4) is 27.9 Å². The van der Waals surface area contributed by atoms with Crippen molar-refractivity contribution in [3.05, 3.63) is 257 Å². The van der Waals surface area contributed by atoms with Gasteiger partial charge in [0, 0.05) is 21.8 Å². The minimum atomic E-state index is -0.477. The smallest absolute Gasteiger partial charge is 0.0714 e. The lowest BCUT2D eigenvalue weighted by atomic mass is 9.67. The molecule has 0 unspecified atom stereocenters. The van der Waals surface area contributed by atoms with Gasteiger partial charge in [0.05, 0.1) is 16.4 Å². The van der Waals surface area contributed by atoms with E-state index in [1.807, 2.05) is 0 Å². The lowest BCUT2D eigenvalue weighted by Gasteiger charge is -2.34. The minimum absolute atomic E-state index is 0.477. The second-order valence-electron chi connectivity index (χ2n) is 16.0. The molecule has 59 heavy (non-hydrogen) atoms. The van der Waals surface area contributed by atoms with Crippen LogP contribution in [0.4, 0.5) is 0 Å². The Hall–Kier alpha value is -7.48. The third-order valence-corrected chi connectivity index (χ3v) is 12.9. The largest absolute Gasteiger partial charge is 0.309 e. The molecular formula is C58H39N. The van der Waals surface area contributed by atoms with E-state index in [0.717, 1.165) is 12.1 Å². The van der Waals surface area contributed by atoms with Crippen LogP contribution in [0.2, 0.25) is 0 Å². The molecule has 2 aliphatic rings. The Morgan fingerprint density at radius 3 is 1.93 bits per heavy atom. The maximum absolute atomic E-state index is 2.53. The van der Waals surface area contributed by atoms with Gasteiger partial charge in [-0.25, -0.2) is 0 Å². The second kappa shape index (κ2) is 13.3. The third kappa shape index (κ3) is 5.11. The monoisotopic (exact) mass is 749 g/mol. The fourth-order valence-electron chi connectivity index (χ4n) is 10.3. The van der Waals surface area contributed by atoms with Gasteiger partial charge in [-0.1, -0.05) is 194 Å². The molecular weight excluding hydrogens is 711 g/mol. The van der Waals surface area contributed by atoms with Crippen LogP contribution < -0.4 is 0 Å². The van der Waals surface area contributed by atoms with Crippen molar-refractivity contribution in [1.29, 1.82) is 0 Å². The molecule has 1 heteroatoms. The molecule has 0 atom stereocenters. The van der Waals surface area contributed by atoms with Gasteiger partial charge in [0.1, 0.15) is 0 Å². The summed E-state index contributed by atoms with van der Waals surface area (Å²) in [6.45, 7) is 0. The molecule has 0 bridgehead atoms. The van der Waals surface area contributed by atoms with E-state index in [0.29, 0.717) is 0 Å². The topological polar surface area (TPSA) is 4.93 Å². The molecule has 0 radical (unpaired) electrons. The molecule has 0 amide bonds. The summed E-state index contributed by atoms with van der Waals surface area (Å²) in [6.07, 6.45) is 7.65. The molecule has 1 nitrogen and oxygen atoms in total. The summed E-state index contributed by atoms with van der Waals surface area (Å²) in [6, 6.07) is 76.7. The Balaban J connectivity index is 1.07. The third-order valence-electron chi connectivity index (χ3n) is 12.9. The van der Waals surface area contributed by atoms with Gasteiger partial charge in [0.2, 0.25) is 0 Å². The van der Waals surface area contributed by atoms with Gasteiger partial charge < -0.3 is 4.57 Å². The molecule has 10 aromatic rings. The number of fused-ring (bicyclic) bond motifs is 9. The van der Waals surface area contributed by atoms with Crippen LogP contribution in [0.15, 0.2) is 218 Å². The highest BCUT2D eigenvalue weighted by Gasteiger charge is 2.46. The average molecular weight is 750 g/mol. The molecule has 2 aliphatic carbocycles. The summed E-state index contributed by atoms with van der Waals surface area (Å²) in [4.78, 5) is 0. The average Bonchev–Trinajstić information content (AvgIpc) is 3.70. The number of aromatic nitrogens is 1. The number of rotatable bonds is 5. The summed E-state index contributed by atoms with van der Waals surface area (Å²) >= 11 is 0. The van der Waals surface area contributed by atoms with E-state index in [2.05, 4.69) is 229 Å². The zero-order valence-electron chi connectivity index (χ0n) is 32.5. The van der Waals surface area contributed by atoms with E-state index in [-0.39, 0.29) is 0 Å². The van der Waals surface area contributed by atoms with Gasteiger partial charge in [-0.2, -0.15) is 0 Å². The summed E-state index contributed by atoms with van der Waals surface area (Å²) in [5.41, 5.74) is 18.6. The van der Waals surface area contributed by atoms with Crippen LogP contribution in [0.25, 0.3) is 72.2 Å². The van der Waals surface area contributed by atoms with Crippen LogP contribution in [0.1, 0.15) is 38.9 Å². The highest BCUT2D eigenvalue weighted by atomic mass is 15.0. The van der Waals surface area contributed by atoms with Crippen LogP contribution in [0.5, 0.6) is 0 Å². The van der Waals surface area contributed by atoms with Crippen LogP contribution in [0, 0.1) is 0 Å². The second-order valence-corrected chi connectivity index (χ2v) is 16.0. The first-order chi connectivity index (χ1) is 29.3. The predicted octanol–water partition coefficient (Wildman–Crippen LogP) is 14.6. The van der Waals surface area contributed by atoms with Crippen molar-refractivity contribution in [1.82, 2.24) is 4.57 Å². The van der Waals surface area contributed by atoms with Crippen molar-refractivity contribution in [2.24, 2.45) is 0 Å². The van der Waals surface area contributed by atoms with E-state index in [1.54, 1.807) is 0 Å². The summed E-state index contributed by atoms with van der Waals surface area (Å²) in [5.74, 6) is 0. The number of benzene rings is 9. The molecule has 12 rings (SSSR count). The highest BCUT2D eigenvalue weighted by Crippen LogP contribution is 2.56. The Labute approximate surface area is 344 Å². The van der Waals surface area contributed by atoms with E-state index < -0.39 is 5.41 Å². The Morgan fingerprint density at radius 2 is 1.12 bits per heavy atom. The van der Waals surface area contributed by atoms with Crippen molar-refractivity contribution in [2.75, 3.05) is 0 Å². The maximum atomic E-state index is 2.53. The van der Waals surface area contributed by atoms with E-state index in [4.69, 9.17) is 0 Å². The molecule has 0 spiro atoms. The van der Waals surface area contributed by atoms with Crippen molar-refractivity contribution >= 4 is 44.2 Å². The molecule has 0 fully saturated rings. The summed E-state index contributed by atoms with van der Waals surface area (Å²) in [5, 5.41) is 5.00. The molecule has 276 valence electrons. The zero-order valence-corrected chi connectivity index (χ0v) is 32.5. The molecule has 1 heterocycles. The SMILES string of the molecule is C1=Cc2cc(-c3ccc4c(c3)c3ccc5ccccc5c3n4-c3ccc4c(c3)C(c3ccccc3)(c3ccccc3)c3ccccc3-4)ccc2CC(c2ccccc2)=C1. The molecule has 1 aromatic heterocycles. The first-order valence-corrected chi connectivity index (χ1v) is 20.6. The number of nitrogens with zero attached hydrogens (tertiary/aromatic N) is 1. The molecule has 0 aliphatic heterocycles. The van der Waals surface area contributed by atoms with Gasteiger partial charge in [0.25, 0.3) is 0 Å².